The van der Waals surface area contributed by atoms with Gasteiger partial charge in [-0.3, -0.25) is 4.79 Å². The molecule has 0 bridgehead atoms. The average Bonchev–Trinajstić information content (AvgIpc) is 2.44. The van der Waals surface area contributed by atoms with Gasteiger partial charge in [-0.2, -0.15) is 0 Å². The minimum atomic E-state index is -0.552. The highest BCUT2D eigenvalue weighted by atomic mass is 16.6. The van der Waals surface area contributed by atoms with Gasteiger partial charge in [-0.25, -0.2) is 4.79 Å². The van der Waals surface area contributed by atoms with E-state index < -0.39 is 11.5 Å². The molecule has 1 unspecified atom stereocenters. The standard InChI is InChI=1S/C17H20O4/c1-17(2,3)16(19)20-11-13-9-10-14(15(18)21-13)12-7-5-4-6-8-12/h4-8,10,13H,9,11H2,1-3H3. The van der Waals surface area contributed by atoms with Crippen LogP contribution in [0.25, 0.3) is 5.57 Å². The third-order valence-corrected chi connectivity index (χ3v) is 3.18. The van der Waals surface area contributed by atoms with Crippen molar-refractivity contribution in [3.63, 3.8) is 0 Å². The van der Waals surface area contributed by atoms with Crippen LogP contribution in [0.4, 0.5) is 0 Å². The summed E-state index contributed by atoms with van der Waals surface area (Å²) in [5, 5.41) is 0. The Bertz CT molecular complexity index is 552. The van der Waals surface area contributed by atoms with E-state index in [2.05, 4.69) is 0 Å². The van der Waals surface area contributed by atoms with Crippen molar-refractivity contribution >= 4 is 17.5 Å². The Balaban J connectivity index is 1.96. The van der Waals surface area contributed by atoms with Crippen LogP contribution in [0.5, 0.6) is 0 Å². The minimum absolute atomic E-state index is 0.0976. The molecule has 4 heteroatoms. The molecule has 1 aromatic rings. The highest BCUT2D eigenvalue weighted by Gasteiger charge is 2.28. The molecule has 1 heterocycles. The lowest BCUT2D eigenvalue weighted by Crippen LogP contribution is -2.31. The summed E-state index contributed by atoms with van der Waals surface area (Å²) in [5.74, 6) is -0.666. The van der Waals surface area contributed by atoms with Gasteiger partial charge in [-0.1, -0.05) is 36.4 Å². The van der Waals surface area contributed by atoms with Crippen LogP contribution in [0.15, 0.2) is 36.4 Å². The molecular weight excluding hydrogens is 268 g/mol. The molecule has 0 radical (unpaired) electrons. The Kier molecular flexibility index (Phi) is 4.46. The number of carbonyl (C=O) groups excluding carboxylic acids is 2. The van der Waals surface area contributed by atoms with E-state index in [9.17, 15) is 9.59 Å². The van der Waals surface area contributed by atoms with Crippen LogP contribution in [0.1, 0.15) is 32.8 Å². The number of hydrogen-bond donors (Lipinski definition) is 0. The SMILES string of the molecule is CC(C)(C)C(=O)OCC1CC=C(c2ccccc2)C(=O)O1. The smallest absolute Gasteiger partial charge is 0.338 e. The van der Waals surface area contributed by atoms with Gasteiger partial charge in [0.1, 0.15) is 12.7 Å². The van der Waals surface area contributed by atoms with Crippen molar-refractivity contribution in [1.29, 1.82) is 0 Å². The fourth-order valence-corrected chi connectivity index (χ4v) is 1.94. The summed E-state index contributed by atoms with van der Waals surface area (Å²) < 4.78 is 10.5. The molecule has 1 aromatic carbocycles. The molecule has 21 heavy (non-hydrogen) atoms. The van der Waals surface area contributed by atoms with Crippen LogP contribution < -0.4 is 0 Å². The van der Waals surface area contributed by atoms with E-state index in [1.54, 1.807) is 20.8 Å². The summed E-state index contributed by atoms with van der Waals surface area (Å²) in [6.45, 7) is 5.46. The van der Waals surface area contributed by atoms with E-state index in [1.807, 2.05) is 36.4 Å². The van der Waals surface area contributed by atoms with Crippen molar-refractivity contribution < 1.29 is 19.1 Å². The summed E-state index contributed by atoms with van der Waals surface area (Å²) in [4.78, 5) is 23.7. The summed E-state index contributed by atoms with van der Waals surface area (Å²) >= 11 is 0. The topological polar surface area (TPSA) is 52.6 Å². The summed E-state index contributed by atoms with van der Waals surface area (Å²) in [5.41, 5.74) is 0.852. The number of hydrogen-bond acceptors (Lipinski definition) is 4. The van der Waals surface area contributed by atoms with E-state index >= 15 is 0 Å². The van der Waals surface area contributed by atoms with Gasteiger partial charge in [0.25, 0.3) is 0 Å². The van der Waals surface area contributed by atoms with Gasteiger partial charge < -0.3 is 9.47 Å². The van der Waals surface area contributed by atoms with Gasteiger partial charge in [0.2, 0.25) is 0 Å². The van der Waals surface area contributed by atoms with Crippen molar-refractivity contribution in [1.82, 2.24) is 0 Å². The Labute approximate surface area is 124 Å². The van der Waals surface area contributed by atoms with Crippen LogP contribution in [0, 0.1) is 5.41 Å². The molecule has 2 rings (SSSR count). The molecule has 112 valence electrons. The third kappa shape index (κ3) is 3.94. The van der Waals surface area contributed by atoms with E-state index in [0.29, 0.717) is 12.0 Å². The van der Waals surface area contributed by atoms with Gasteiger partial charge in [0, 0.05) is 6.42 Å². The first kappa shape index (κ1) is 15.3. The van der Waals surface area contributed by atoms with Crippen molar-refractivity contribution in [3.8, 4) is 0 Å². The number of ether oxygens (including phenoxy) is 2. The zero-order valence-corrected chi connectivity index (χ0v) is 12.6. The minimum Gasteiger partial charge on any atom is -0.461 e. The highest BCUT2D eigenvalue weighted by molar-refractivity contribution is 6.17. The lowest BCUT2D eigenvalue weighted by molar-refractivity contribution is -0.161. The number of rotatable bonds is 3. The molecule has 0 saturated heterocycles. The van der Waals surface area contributed by atoms with E-state index in [1.165, 1.54) is 0 Å². The Morgan fingerprint density at radius 3 is 2.52 bits per heavy atom. The molecule has 1 atom stereocenters. The van der Waals surface area contributed by atoms with Crippen molar-refractivity contribution in [3.05, 3.63) is 42.0 Å². The normalized spacial score (nSPS) is 18.7. The number of benzene rings is 1. The van der Waals surface area contributed by atoms with Crippen molar-refractivity contribution in [2.24, 2.45) is 5.41 Å². The summed E-state index contributed by atoms with van der Waals surface area (Å²) in [6, 6.07) is 9.38. The zero-order valence-electron chi connectivity index (χ0n) is 12.6. The van der Waals surface area contributed by atoms with Gasteiger partial charge in [-0.05, 0) is 26.3 Å². The van der Waals surface area contributed by atoms with Gasteiger partial charge in [0.05, 0.1) is 11.0 Å². The predicted molar refractivity (Wildman–Crippen MR) is 79.3 cm³/mol. The summed E-state index contributed by atoms with van der Waals surface area (Å²) in [7, 11) is 0. The lowest BCUT2D eigenvalue weighted by atomic mass is 9.97. The molecule has 0 saturated carbocycles. The Morgan fingerprint density at radius 2 is 1.95 bits per heavy atom. The van der Waals surface area contributed by atoms with Gasteiger partial charge >= 0.3 is 11.9 Å². The molecule has 0 fully saturated rings. The molecule has 4 nitrogen and oxygen atoms in total. The van der Waals surface area contributed by atoms with E-state index in [-0.39, 0.29) is 18.5 Å². The second-order valence-corrected chi connectivity index (χ2v) is 6.10. The monoisotopic (exact) mass is 288 g/mol. The van der Waals surface area contributed by atoms with Crippen LogP contribution >= 0.6 is 0 Å². The molecule has 1 aliphatic rings. The molecule has 0 amide bonds. The Morgan fingerprint density at radius 1 is 1.29 bits per heavy atom. The van der Waals surface area contributed by atoms with Gasteiger partial charge in [0.15, 0.2) is 0 Å². The maximum atomic E-state index is 12.0. The highest BCUT2D eigenvalue weighted by Crippen LogP contribution is 2.24. The quantitative estimate of drug-likeness (QED) is 0.802. The largest absolute Gasteiger partial charge is 0.461 e. The molecule has 0 aromatic heterocycles. The molecule has 0 N–H and O–H groups in total. The molecule has 1 aliphatic heterocycles. The average molecular weight is 288 g/mol. The lowest BCUT2D eigenvalue weighted by Gasteiger charge is -2.24. The Hall–Kier alpha value is -2.10. The number of esters is 2. The first-order valence-corrected chi connectivity index (χ1v) is 7.01. The van der Waals surface area contributed by atoms with Crippen LogP contribution in [0.3, 0.4) is 0 Å². The molecule has 0 aliphatic carbocycles. The second kappa shape index (κ2) is 6.12. The first-order chi connectivity index (χ1) is 9.88. The number of cyclic esters (lactones) is 1. The second-order valence-electron chi connectivity index (χ2n) is 6.10. The fourth-order valence-electron chi connectivity index (χ4n) is 1.94. The van der Waals surface area contributed by atoms with Crippen LogP contribution in [0.2, 0.25) is 0 Å². The third-order valence-electron chi connectivity index (χ3n) is 3.18. The molecule has 0 spiro atoms. The predicted octanol–water partition coefficient (Wildman–Crippen LogP) is 2.97. The van der Waals surface area contributed by atoms with Gasteiger partial charge in [-0.15, -0.1) is 0 Å². The summed E-state index contributed by atoms with van der Waals surface area (Å²) in [6.07, 6.45) is 1.99. The maximum Gasteiger partial charge on any atom is 0.338 e. The first-order valence-electron chi connectivity index (χ1n) is 7.01. The molecular formula is C17H20O4. The van der Waals surface area contributed by atoms with Crippen LogP contribution in [-0.2, 0) is 19.1 Å². The van der Waals surface area contributed by atoms with E-state index in [0.717, 1.165) is 5.56 Å². The van der Waals surface area contributed by atoms with Crippen molar-refractivity contribution in [2.45, 2.75) is 33.3 Å². The number of carbonyl (C=O) groups is 2. The fraction of sp³-hybridized carbons (Fsp3) is 0.412. The van der Waals surface area contributed by atoms with Crippen LogP contribution in [-0.4, -0.2) is 24.6 Å². The van der Waals surface area contributed by atoms with Crippen molar-refractivity contribution in [2.75, 3.05) is 6.61 Å². The zero-order chi connectivity index (χ0) is 15.5. The van der Waals surface area contributed by atoms with E-state index in [4.69, 9.17) is 9.47 Å². The maximum absolute atomic E-state index is 12.0.